The highest BCUT2D eigenvalue weighted by Gasteiger charge is 1.96. The molecular formula is C13H20O3S. The zero-order valence-electron chi connectivity index (χ0n) is 10.2. The van der Waals surface area contributed by atoms with Crippen molar-refractivity contribution in [3.05, 3.63) is 24.3 Å². The second-order valence-electron chi connectivity index (χ2n) is 3.44. The summed E-state index contributed by atoms with van der Waals surface area (Å²) in [4.78, 5) is 0. The lowest BCUT2D eigenvalue weighted by Crippen LogP contribution is -2.01. The number of rotatable bonds is 9. The molecule has 0 heterocycles. The average molecular weight is 256 g/mol. The monoisotopic (exact) mass is 256 g/mol. The molecule has 0 radical (unpaired) electrons. The Morgan fingerprint density at radius 2 is 1.71 bits per heavy atom. The minimum absolute atomic E-state index is 0.271. The van der Waals surface area contributed by atoms with Crippen LogP contribution in [0.1, 0.15) is 13.3 Å². The molecule has 0 saturated carbocycles. The van der Waals surface area contributed by atoms with E-state index in [-0.39, 0.29) is 6.61 Å². The van der Waals surface area contributed by atoms with E-state index in [2.05, 4.69) is 0 Å². The molecule has 0 aliphatic rings. The third-order valence-corrected chi connectivity index (χ3v) is 3.11. The maximum absolute atomic E-state index is 8.61. The van der Waals surface area contributed by atoms with Gasteiger partial charge < -0.3 is 14.6 Å². The molecule has 0 saturated heterocycles. The fourth-order valence-corrected chi connectivity index (χ4v) is 2.02. The van der Waals surface area contributed by atoms with E-state index < -0.39 is 0 Å². The van der Waals surface area contributed by atoms with Crippen molar-refractivity contribution in [1.29, 1.82) is 0 Å². The van der Waals surface area contributed by atoms with Gasteiger partial charge in [0, 0.05) is 12.4 Å². The van der Waals surface area contributed by atoms with E-state index in [4.69, 9.17) is 14.6 Å². The molecule has 1 aromatic rings. The summed E-state index contributed by atoms with van der Waals surface area (Å²) in [6.07, 6.45) is 0.855. The van der Waals surface area contributed by atoms with Crippen LogP contribution >= 0.6 is 11.8 Å². The highest BCUT2D eigenvalue weighted by molar-refractivity contribution is 7.99. The van der Waals surface area contributed by atoms with E-state index in [1.54, 1.807) is 11.8 Å². The summed E-state index contributed by atoms with van der Waals surface area (Å²) in [5, 5.41) is 8.61. The maximum atomic E-state index is 8.61. The first-order chi connectivity index (χ1) is 8.36. The van der Waals surface area contributed by atoms with Crippen molar-refractivity contribution in [2.24, 2.45) is 0 Å². The largest absolute Gasteiger partial charge is 0.494 e. The van der Waals surface area contributed by atoms with Gasteiger partial charge in [0.25, 0.3) is 0 Å². The van der Waals surface area contributed by atoms with Gasteiger partial charge in [0.15, 0.2) is 0 Å². The van der Waals surface area contributed by atoms with Gasteiger partial charge >= 0.3 is 0 Å². The minimum Gasteiger partial charge on any atom is -0.494 e. The Bertz CT molecular complexity index is 287. The molecule has 0 aliphatic heterocycles. The van der Waals surface area contributed by atoms with E-state index in [0.29, 0.717) is 13.2 Å². The Morgan fingerprint density at radius 3 is 2.29 bits per heavy atom. The van der Waals surface area contributed by atoms with Gasteiger partial charge in [0.05, 0.1) is 13.2 Å². The molecule has 0 unspecified atom stereocenters. The van der Waals surface area contributed by atoms with E-state index >= 15 is 0 Å². The van der Waals surface area contributed by atoms with Gasteiger partial charge in [-0.05, 0) is 43.4 Å². The topological polar surface area (TPSA) is 38.7 Å². The van der Waals surface area contributed by atoms with Gasteiger partial charge in [-0.1, -0.05) is 0 Å². The van der Waals surface area contributed by atoms with Gasteiger partial charge in [0.2, 0.25) is 0 Å². The quantitative estimate of drug-likeness (QED) is 0.689. The standard InChI is InChI=1S/C13H20O3S/c1-2-15-12-4-6-13(7-5-12)16-9-11-17-10-3-8-14/h4-7,14H,2-3,8-11H2,1H3. The summed E-state index contributed by atoms with van der Waals surface area (Å²) in [7, 11) is 0. The van der Waals surface area contributed by atoms with Crippen molar-refractivity contribution in [3.8, 4) is 11.5 Å². The van der Waals surface area contributed by atoms with E-state index in [9.17, 15) is 0 Å². The summed E-state index contributed by atoms with van der Waals surface area (Å²) in [6, 6.07) is 7.67. The summed E-state index contributed by atoms with van der Waals surface area (Å²) in [5.41, 5.74) is 0. The Kier molecular flexibility index (Phi) is 7.67. The van der Waals surface area contributed by atoms with Crippen LogP contribution in [0.2, 0.25) is 0 Å². The first kappa shape index (κ1) is 14.2. The van der Waals surface area contributed by atoms with Crippen molar-refractivity contribution in [2.45, 2.75) is 13.3 Å². The molecule has 1 aromatic carbocycles. The average Bonchev–Trinajstić information content (AvgIpc) is 2.36. The lowest BCUT2D eigenvalue weighted by Gasteiger charge is -2.07. The molecule has 0 fully saturated rings. The van der Waals surface area contributed by atoms with Crippen LogP contribution in [-0.2, 0) is 0 Å². The summed E-state index contributed by atoms with van der Waals surface area (Å²) < 4.78 is 10.9. The van der Waals surface area contributed by atoms with Crippen LogP contribution in [0.4, 0.5) is 0 Å². The predicted molar refractivity (Wildman–Crippen MR) is 72.1 cm³/mol. The molecular weight excluding hydrogens is 236 g/mol. The Balaban J connectivity index is 2.14. The summed E-state index contributed by atoms with van der Waals surface area (Å²) >= 11 is 1.80. The second kappa shape index (κ2) is 9.19. The zero-order chi connectivity index (χ0) is 12.3. The van der Waals surface area contributed by atoms with Crippen LogP contribution in [0.3, 0.4) is 0 Å². The van der Waals surface area contributed by atoms with E-state index in [1.807, 2.05) is 31.2 Å². The van der Waals surface area contributed by atoms with Crippen LogP contribution < -0.4 is 9.47 Å². The van der Waals surface area contributed by atoms with Crippen LogP contribution in [-0.4, -0.2) is 36.4 Å². The lowest BCUT2D eigenvalue weighted by atomic mass is 10.3. The van der Waals surface area contributed by atoms with Gasteiger partial charge in [-0.15, -0.1) is 0 Å². The number of hydrogen-bond donors (Lipinski definition) is 1. The molecule has 1 N–H and O–H groups in total. The van der Waals surface area contributed by atoms with Crippen LogP contribution in [0.5, 0.6) is 11.5 Å². The van der Waals surface area contributed by atoms with E-state index in [1.165, 1.54) is 0 Å². The number of benzene rings is 1. The number of thioether (sulfide) groups is 1. The van der Waals surface area contributed by atoms with Crippen molar-refractivity contribution in [3.63, 3.8) is 0 Å². The molecule has 0 atom stereocenters. The molecule has 0 aliphatic carbocycles. The van der Waals surface area contributed by atoms with Crippen molar-refractivity contribution >= 4 is 11.8 Å². The van der Waals surface area contributed by atoms with Crippen molar-refractivity contribution in [2.75, 3.05) is 31.3 Å². The van der Waals surface area contributed by atoms with Gasteiger partial charge in [0.1, 0.15) is 11.5 Å². The maximum Gasteiger partial charge on any atom is 0.119 e. The molecule has 0 aromatic heterocycles. The molecule has 96 valence electrons. The lowest BCUT2D eigenvalue weighted by molar-refractivity contribution is 0.296. The normalized spacial score (nSPS) is 10.2. The van der Waals surface area contributed by atoms with Crippen molar-refractivity contribution < 1.29 is 14.6 Å². The fraction of sp³-hybridized carbons (Fsp3) is 0.538. The molecule has 0 bridgehead atoms. The number of aliphatic hydroxyl groups excluding tert-OH is 1. The van der Waals surface area contributed by atoms with Gasteiger partial charge in [-0.25, -0.2) is 0 Å². The smallest absolute Gasteiger partial charge is 0.119 e. The molecule has 0 spiro atoms. The Morgan fingerprint density at radius 1 is 1.06 bits per heavy atom. The summed E-state index contributed by atoms with van der Waals surface area (Å²) in [5.74, 6) is 3.68. The first-order valence-corrected chi connectivity index (χ1v) is 7.06. The SMILES string of the molecule is CCOc1ccc(OCCSCCCO)cc1. The van der Waals surface area contributed by atoms with Gasteiger partial charge in [-0.2, -0.15) is 11.8 Å². The molecule has 3 nitrogen and oxygen atoms in total. The van der Waals surface area contributed by atoms with E-state index in [0.717, 1.165) is 29.4 Å². The van der Waals surface area contributed by atoms with Crippen LogP contribution in [0, 0.1) is 0 Å². The van der Waals surface area contributed by atoms with Crippen molar-refractivity contribution in [1.82, 2.24) is 0 Å². The van der Waals surface area contributed by atoms with Crippen LogP contribution in [0.25, 0.3) is 0 Å². The number of hydrogen-bond acceptors (Lipinski definition) is 4. The third kappa shape index (κ3) is 6.44. The minimum atomic E-state index is 0.271. The third-order valence-electron chi connectivity index (χ3n) is 2.08. The predicted octanol–water partition coefficient (Wildman–Crippen LogP) is 2.58. The highest BCUT2D eigenvalue weighted by atomic mass is 32.2. The molecule has 17 heavy (non-hydrogen) atoms. The Labute approximate surface area is 107 Å². The second-order valence-corrected chi connectivity index (χ2v) is 4.67. The van der Waals surface area contributed by atoms with Crippen LogP contribution in [0.15, 0.2) is 24.3 Å². The van der Waals surface area contributed by atoms with Gasteiger partial charge in [-0.3, -0.25) is 0 Å². The zero-order valence-corrected chi connectivity index (χ0v) is 11.0. The fourth-order valence-electron chi connectivity index (χ4n) is 1.29. The Hall–Kier alpha value is -0.870. The molecule has 4 heteroatoms. The highest BCUT2D eigenvalue weighted by Crippen LogP contribution is 2.17. The molecule has 0 amide bonds. The molecule has 1 rings (SSSR count). The number of ether oxygens (including phenoxy) is 2. The first-order valence-electron chi connectivity index (χ1n) is 5.91. The summed E-state index contributed by atoms with van der Waals surface area (Å²) in [6.45, 7) is 3.62. The number of aliphatic hydroxyl groups is 1.